The Balaban J connectivity index is 2.49. The molecule has 0 aromatic heterocycles. The van der Waals surface area contributed by atoms with Gasteiger partial charge in [-0.3, -0.25) is 9.59 Å². The third-order valence-electron chi connectivity index (χ3n) is 5.70. The first-order valence-electron chi connectivity index (χ1n) is 12.2. The van der Waals surface area contributed by atoms with Crippen LogP contribution in [0.2, 0.25) is 0 Å². The van der Waals surface area contributed by atoms with Gasteiger partial charge in [0, 0.05) is 12.1 Å². The molecule has 8 heteroatoms. The molecule has 0 aliphatic heterocycles. The van der Waals surface area contributed by atoms with Gasteiger partial charge in [0.1, 0.15) is 17.7 Å². The summed E-state index contributed by atoms with van der Waals surface area (Å²) >= 11 is 1.60. The molecule has 1 aliphatic rings. The molecule has 1 aromatic carbocycles. The first-order valence-corrected chi connectivity index (χ1v) is 13.6. The van der Waals surface area contributed by atoms with Gasteiger partial charge in [-0.25, -0.2) is 4.79 Å². The van der Waals surface area contributed by atoms with Gasteiger partial charge in [0.15, 0.2) is 0 Å². The highest BCUT2D eigenvalue weighted by atomic mass is 32.2. The second-order valence-electron chi connectivity index (χ2n) is 10.4. The van der Waals surface area contributed by atoms with E-state index in [-0.39, 0.29) is 29.8 Å². The molecular formula is C27H41N3O4S. The minimum absolute atomic E-state index is 0.0879. The maximum atomic E-state index is 14.1. The second-order valence-corrected chi connectivity index (χ2v) is 11.4. The van der Waals surface area contributed by atoms with Crippen molar-refractivity contribution in [2.24, 2.45) is 5.92 Å². The van der Waals surface area contributed by atoms with Gasteiger partial charge in [-0.1, -0.05) is 37.8 Å². The van der Waals surface area contributed by atoms with Crippen molar-refractivity contribution >= 4 is 35.7 Å². The van der Waals surface area contributed by atoms with E-state index in [9.17, 15) is 14.4 Å². The number of ether oxygens (including phenoxy) is 1. The molecule has 2 N–H and O–H groups in total. The number of hydrogen-bond donors (Lipinski definition) is 2. The fourth-order valence-corrected chi connectivity index (χ4v) is 4.42. The van der Waals surface area contributed by atoms with E-state index < -0.39 is 23.8 Å². The van der Waals surface area contributed by atoms with Gasteiger partial charge in [0.25, 0.3) is 0 Å². The smallest absolute Gasteiger partial charge is 0.408 e. The standard InChI is InChI=1S/C27H41N3O4S/c1-9-19-11-10-12-20(16-19)23(24(31)28-17(2)3)30(22-15-18(22)4)25(32)21(13-14-35-8)29-26(33)34-27(5,6)7/h9-12,16-18,21-23H,1,13-15H2,2-8H3,(H,28,31)(H,29,33). The number of amides is 3. The second kappa shape index (κ2) is 12.5. The zero-order chi connectivity index (χ0) is 26.3. The van der Waals surface area contributed by atoms with Gasteiger partial charge in [0.2, 0.25) is 11.8 Å². The van der Waals surface area contributed by atoms with E-state index in [1.165, 1.54) is 0 Å². The number of alkyl carbamates (subject to hydrolysis) is 1. The molecule has 1 saturated carbocycles. The fraction of sp³-hybridized carbons (Fsp3) is 0.593. The zero-order valence-electron chi connectivity index (χ0n) is 22.1. The highest BCUT2D eigenvalue weighted by molar-refractivity contribution is 7.98. The number of benzene rings is 1. The van der Waals surface area contributed by atoms with E-state index in [2.05, 4.69) is 24.1 Å². The molecule has 1 aliphatic carbocycles. The molecule has 7 nitrogen and oxygen atoms in total. The fourth-order valence-electron chi connectivity index (χ4n) is 3.95. The molecule has 0 heterocycles. The van der Waals surface area contributed by atoms with Gasteiger partial charge in [-0.15, -0.1) is 0 Å². The van der Waals surface area contributed by atoms with Crippen molar-refractivity contribution in [3.63, 3.8) is 0 Å². The summed E-state index contributed by atoms with van der Waals surface area (Å²) in [5.74, 6) is 0.426. The number of hydrogen-bond acceptors (Lipinski definition) is 5. The monoisotopic (exact) mass is 503 g/mol. The number of carbonyl (C=O) groups is 3. The number of rotatable bonds is 11. The quantitative estimate of drug-likeness (QED) is 0.454. The average molecular weight is 504 g/mol. The van der Waals surface area contributed by atoms with Crippen LogP contribution in [0.3, 0.4) is 0 Å². The van der Waals surface area contributed by atoms with E-state index in [1.54, 1.807) is 43.5 Å². The zero-order valence-corrected chi connectivity index (χ0v) is 22.9. The predicted molar refractivity (Wildman–Crippen MR) is 143 cm³/mol. The van der Waals surface area contributed by atoms with E-state index in [4.69, 9.17) is 4.74 Å². The number of carbonyl (C=O) groups excluding carboxylic acids is 3. The lowest BCUT2D eigenvalue weighted by molar-refractivity contribution is -0.143. The highest BCUT2D eigenvalue weighted by Crippen LogP contribution is 2.41. The Morgan fingerprint density at radius 1 is 1.26 bits per heavy atom. The normalized spacial score (nSPS) is 18.9. The Labute approximate surface area is 214 Å². The topological polar surface area (TPSA) is 87.7 Å². The summed E-state index contributed by atoms with van der Waals surface area (Å²) in [6, 6.07) is 5.73. The average Bonchev–Trinajstić information content (AvgIpc) is 3.48. The lowest BCUT2D eigenvalue weighted by Crippen LogP contribution is -2.54. The van der Waals surface area contributed by atoms with Gasteiger partial charge < -0.3 is 20.3 Å². The first kappa shape index (κ1) is 28.8. The molecule has 4 atom stereocenters. The molecule has 0 spiro atoms. The van der Waals surface area contributed by atoms with Crippen LogP contribution in [-0.2, 0) is 14.3 Å². The molecule has 1 aromatic rings. The van der Waals surface area contributed by atoms with Crippen molar-refractivity contribution in [3.05, 3.63) is 42.0 Å². The lowest BCUT2D eigenvalue weighted by Gasteiger charge is -2.35. The Hall–Kier alpha value is -2.48. The van der Waals surface area contributed by atoms with Crippen molar-refractivity contribution < 1.29 is 19.1 Å². The summed E-state index contributed by atoms with van der Waals surface area (Å²) in [4.78, 5) is 41.9. The van der Waals surface area contributed by atoms with Crippen LogP contribution >= 0.6 is 11.8 Å². The van der Waals surface area contributed by atoms with Crippen LogP contribution in [0, 0.1) is 5.92 Å². The lowest BCUT2D eigenvalue weighted by atomic mass is 9.99. The van der Waals surface area contributed by atoms with Gasteiger partial charge >= 0.3 is 6.09 Å². The summed E-state index contributed by atoms with van der Waals surface area (Å²) in [6.07, 6.45) is 4.27. The van der Waals surface area contributed by atoms with Crippen LogP contribution in [0.15, 0.2) is 30.8 Å². The third kappa shape index (κ3) is 8.60. The molecular weight excluding hydrogens is 462 g/mol. The number of nitrogens with zero attached hydrogens (tertiary/aromatic N) is 1. The molecule has 1 fully saturated rings. The third-order valence-corrected chi connectivity index (χ3v) is 6.34. The summed E-state index contributed by atoms with van der Waals surface area (Å²) < 4.78 is 5.43. The van der Waals surface area contributed by atoms with Gasteiger partial charge in [-0.2, -0.15) is 11.8 Å². The summed E-state index contributed by atoms with van der Waals surface area (Å²) in [5, 5.41) is 5.77. The molecule has 4 unspecified atom stereocenters. The Morgan fingerprint density at radius 2 is 1.91 bits per heavy atom. The molecule has 3 amide bonds. The maximum absolute atomic E-state index is 14.1. The van der Waals surface area contributed by atoms with E-state index in [0.717, 1.165) is 12.0 Å². The van der Waals surface area contributed by atoms with Crippen molar-refractivity contribution in [1.29, 1.82) is 0 Å². The maximum Gasteiger partial charge on any atom is 0.408 e. The van der Waals surface area contributed by atoms with Crippen LogP contribution in [0.1, 0.15) is 71.6 Å². The SMILES string of the molecule is C=Cc1cccc(C(C(=O)NC(C)C)N(C(=O)C(CCSC)NC(=O)OC(C)(C)C)C2CC2C)c1. The molecule has 35 heavy (non-hydrogen) atoms. The minimum atomic E-state index is -0.822. The van der Waals surface area contributed by atoms with Crippen molar-refractivity contribution in [2.45, 2.75) is 84.2 Å². The molecule has 0 bridgehead atoms. The Bertz CT molecular complexity index is 912. The van der Waals surface area contributed by atoms with Crippen molar-refractivity contribution in [3.8, 4) is 0 Å². The minimum Gasteiger partial charge on any atom is -0.444 e. The van der Waals surface area contributed by atoms with Crippen LogP contribution < -0.4 is 10.6 Å². The van der Waals surface area contributed by atoms with E-state index in [1.807, 2.05) is 44.4 Å². The predicted octanol–water partition coefficient (Wildman–Crippen LogP) is 4.78. The largest absolute Gasteiger partial charge is 0.444 e. The van der Waals surface area contributed by atoms with Crippen molar-refractivity contribution in [2.75, 3.05) is 12.0 Å². The molecule has 194 valence electrons. The van der Waals surface area contributed by atoms with Crippen LogP contribution in [0.5, 0.6) is 0 Å². The molecule has 0 saturated heterocycles. The van der Waals surface area contributed by atoms with Crippen LogP contribution in [-0.4, -0.2) is 58.5 Å². The summed E-state index contributed by atoms with van der Waals surface area (Å²) in [5.41, 5.74) is 0.896. The van der Waals surface area contributed by atoms with Crippen LogP contribution in [0.25, 0.3) is 6.08 Å². The van der Waals surface area contributed by atoms with Gasteiger partial charge in [0.05, 0.1) is 0 Å². The van der Waals surface area contributed by atoms with Gasteiger partial charge in [-0.05, 0) is 82.6 Å². The summed E-state index contributed by atoms with van der Waals surface area (Å²) in [7, 11) is 0. The van der Waals surface area contributed by atoms with E-state index >= 15 is 0 Å². The first-order chi connectivity index (χ1) is 16.4. The highest BCUT2D eigenvalue weighted by Gasteiger charge is 2.48. The number of nitrogens with one attached hydrogen (secondary N) is 2. The van der Waals surface area contributed by atoms with Crippen LogP contribution in [0.4, 0.5) is 4.79 Å². The molecule has 0 radical (unpaired) electrons. The Kier molecular flexibility index (Phi) is 10.2. The summed E-state index contributed by atoms with van der Waals surface area (Å²) in [6.45, 7) is 15.0. The molecule has 2 rings (SSSR count). The van der Waals surface area contributed by atoms with E-state index in [0.29, 0.717) is 17.7 Å². The van der Waals surface area contributed by atoms with Crippen molar-refractivity contribution in [1.82, 2.24) is 15.5 Å². The Morgan fingerprint density at radius 3 is 2.43 bits per heavy atom. The number of thioether (sulfide) groups is 1.